The normalized spacial score (nSPS) is 20.9. The summed E-state index contributed by atoms with van der Waals surface area (Å²) in [6, 6.07) is 0. The van der Waals surface area contributed by atoms with E-state index in [0.717, 1.165) is 12.2 Å². The molecule has 0 aromatic carbocycles. The van der Waals surface area contributed by atoms with E-state index in [1.807, 2.05) is 0 Å². The monoisotopic (exact) mass is 236 g/mol. The Balaban J connectivity index is 2.92. The minimum atomic E-state index is -4.64. The number of carbonyl (C=O) groups excluding carboxylic acids is 2. The largest absolute Gasteiger partial charge is 0.358 e. The zero-order chi connectivity index (χ0) is 11.9. The molecule has 0 bridgehead atoms. The average molecular weight is 236 g/mol. The van der Waals surface area contributed by atoms with Gasteiger partial charge in [-0.1, -0.05) is 0 Å². The van der Waals surface area contributed by atoms with Crippen LogP contribution >= 0.6 is 7.60 Å². The van der Waals surface area contributed by atoms with Gasteiger partial charge in [0.2, 0.25) is 5.85 Å². The van der Waals surface area contributed by atoms with Crippen LogP contribution in [0.3, 0.4) is 0 Å². The first-order chi connectivity index (χ1) is 6.63. The molecule has 0 saturated carbocycles. The third-order valence-corrected chi connectivity index (χ3v) is 2.51. The van der Waals surface area contributed by atoms with Crippen molar-refractivity contribution in [1.29, 1.82) is 0 Å². The minimum absolute atomic E-state index is 0.187. The van der Waals surface area contributed by atoms with Crippen molar-refractivity contribution in [1.82, 2.24) is 4.90 Å². The predicted octanol–water partition coefficient (Wildman–Crippen LogP) is -2.31. The Labute approximate surface area is 84.1 Å². The fourth-order valence-electron chi connectivity index (χ4n) is 1.16. The van der Waals surface area contributed by atoms with E-state index < -0.39 is 31.4 Å². The summed E-state index contributed by atoms with van der Waals surface area (Å²) in [5.74, 6) is -4.52. The van der Waals surface area contributed by atoms with Gasteiger partial charge in [-0.3, -0.25) is 19.9 Å². The highest BCUT2D eigenvalue weighted by Gasteiger charge is 2.44. The molecule has 2 amide bonds. The lowest BCUT2D eigenvalue weighted by Crippen LogP contribution is -2.60. The van der Waals surface area contributed by atoms with Crippen LogP contribution in [0.15, 0.2) is 12.2 Å². The number of rotatable bonds is 3. The second kappa shape index (κ2) is 3.51. The Kier molecular flexibility index (Phi) is 2.81. The Bertz CT molecular complexity index is 365. The first-order valence-electron chi connectivity index (χ1n) is 3.75. The van der Waals surface area contributed by atoms with Crippen LogP contribution in [-0.2, 0) is 14.2 Å². The molecule has 84 valence electrons. The Morgan fingerprint density at radius 3 is 2.07 bits per heavy atom. The Hall–Kier alpha value is -1.05. The molecule has 1 rings (SSSR count). The van der Waals surface area contributed by atoms with E-state index in [1.165, 1.54) is 0 Å². The van der Waals surface area contributed by atoms with Crippen molar-refractivity contribution in [2.24, 2.45) is 5.73 Å². The summed E-state index contributed by atoms with van der Waals surface area (Å²) in [7, 11) is -4.64. The molecular weight excluding hydrogens is 227 g/mol. The molecule has 15 heavy (non-hydrogen) atoms. The summed E-state index contributed by atoms with van der Waals surface area (Å²) in [6.07, 6.45) is 0.485. The van der Waals surface area contributed by atoms with Gasteiger partial charge in [0.1, 0.15) is 6.16 Å². The van der Waals surface area contributed by atoms with E-state index in [-0.39, 0.29) is 4.90 Å². The number of imide groups is 1. The predicted molar refractivity (Wildman–Crippen MR) is 47.0 cm³/mol. The highest BCUT2D eigenvalue weighted by atomic mass is 31.2. The summed E-state index contributed by atoms with van der Waals surface area (Å²) >= 11 is 0. The molecule has 1 aliphatic rings. The quantitative estimate of drug-likeness (QED) is 0.245. The fraction of sp³-hybridized carbons (Fsp3) is 0.333. The third kappa shape index (κ3) is 2.71. The maximum atomic E-state index is 11.0. The summed E-state index contributed by atoms with van der Waals surface area (Å²) in [6.45, 7) is 0. The van der Waals surface area contributed by atoms with Gasteiger partial charge in [0.05, 0.1) is 0 Å². The maximum absolute atomic E-state index is 11.0. The van der Waals surface area contributed by atoms with Crippen molar-refractivity contribution in [2.45, 2.75) is 5.85 Å². The van der Waals surface area contributed by atoms with Gasteiger partial charge in [-0.15, -0.1) is 0 Å². The molecule has 9 heteroatoms. The molecule has 0 fully saturated rings. The van der Waals surface area contributed by atoms with Crippen LogP contribution < -0.4 is 5.73 Å². The zero-order valence-corrected chi connectivity index (χ0v) is 8.29. The second-order valence-corrected chi connectivity index (χ2v) is 4.69. The fourth-order valence-corrected chi connectivity index (χ4v) is 1.90. The van der Waals surface area contributed by atoms with Crippen LogP contribution in [-0.4, -0.2) is 43.6 Å². The molecule has 1 unspecified atom stereocenters. The molecule has 0 aromatic rings. The van der Waals surface area contributed by atoms with Crippen LogP contribution in [0.2, 0.25) is 0 Å². The van der Waals surface area contributed by atoms with E-state index in [0.29, 0.717) is 0 Å². The number of aliphatic hydroxyl groups is 1. The number of hydrogen-bond donors (Lipinski definition) is 4. The number of amides is 2. The molecule has 0 aliphatic carbocycles. The number of nitrogens with two attached hydrogens (primary N) is 1. The molecule has 5 N–H and O–H groups in total. The first-order valence-corrected chi connectivity index (χ1v) is 5.55. The van der Waals surface area contributed by atoms with E-state index in [4.69, 9.17) is 15.5 Å². The smallest absolute Gasteiger partial charge is 0.331 e. The van der Waals surface area contributed by atoms with Crippen molar-refractivity contribution in [3.8, 4) is 0 Å². The molecule has 0 radical (unpaired) electrons. The standard InChI is InChI=1S/C6H9N2O6P/c7-6(11,3-15(12,13)14)8-4(9)1-2-5(8)10/h1-2,11H,3,7H2,(H2,12,13,14). The lowest BCUT2D eigenvalue weighted by atomic mass is 10.4. The van der Waals surface area contributed by atoms with Crippen molar-refractivity contribution in [3.05, 3.63) is 12.2 Å². The van der Waals surface area contributed by atoms with Gasteiger partial charge in [-0.05, 0) is 0 Å². The van der Waals surface area contributed by atoms with Crippen molar-refractivity contribution < 1.29 is 29.0 Å². The Morgan fingerprint density at radius 2 is 1.73 bits per heavy atom. The van der Waals surface area contributed by atoms with Crippen molar-refractivity contribution >= 4 is 19.4 Å². The second-order valence-electron chi connectivity index (χ2n) is 3.05. The maximum Gasteiger partial charge on any atom is 0.331 e. The van der Waals surface area contributed by atoms with Gasteiger partial charge < -0.3 is 14.9 Å². The Morgan fingerprint density at radius 1 is 1.33 bits per heavy atom. The van der Waals surface area contributed by atoms with Crippen LogP contribution in [0.25, 0.3) is 0 Å². The van der Waals surface area contributed by atoms with Gasteiger partial charge in [0.15, 0.2) is 0 Å². The molecule has 1 atom stereocenters. The molecule has 0 spiro atoms. The van der Waals surface area contributed by atoms with Gasteiger partial charge >= 0.3 is 7.60 Å². The zero-order valence-electron chi connectivity index (χ0n) is 7.40. The van der Waals surface area contributed by atoms with Gasteiger partial charge in [-0.2, -0.15) is 0 Å². The summed E-state index contributed by atoms with van der Waals surface area (Å²) in [5, 5.41) is 9.42. The molecule has 0 saturated heterocycles. The topological polar surface area (TPSA) is 141 Å². The van der Waals surface area contributed by atoms with Crippen molar-refractivity contribution in [2.75, 3.05) is 6.16 Å². The number of nitrogens with zero attached hydrogens (tertiary/aromatic N) is 1. The molecule has 1 aliphatic heterocycles. The van der Waals surface area contributed by atoms with Gasteiger partial charge in [0, 0.05) is 12.2 Å². The molecule has 1 heterocycles. The molecule has 0 aromatic heterocycles. The number of carbonyl (C=O) groups is 2. The van der Waals surface area contributed by atoms with E-state index in [9.17, 15) is 19.3 Å². The number of hydrogen-bond acceptors (Lipinski definition) is 5. The molecule has 8 nitrogen and oxygen atoms in total. The van der Waals surface area contributed by atoms with Gasteiger partial charge in [-0.25, -0.2) is 4.90 Å². The summed E-state index contributed by atoms with van der Waals surface area (Å²) in [5.41, 5.74) is 5.10. The van der Waals surface area contributed by atoms with Crippen LogP contribution in [0.1, 0.15) is 0 Å². The highest BCUT2D eigenvalue weighted by molar-refractivity contribution is 7.51. The summed E-state index contributed by atoms with van der Waals surface area (Å²) in [4.78, 5) is 39.4. The van der Waals surface area contributed by atoms with Crippen LogP contribution in [0, 0.1) is 0 Å². The van der Waals surface area contributed by atoms with E-state index >= 15 is 0 Å². The lowest BCUT2D eigenvalue weighted by molar-refractivity contribution is -0.159. The summed E-state index contributed by atoms with van der Waals surface area (Å²) < 4.78 is 10.6. The SMILES string of the molecule is NC(O)(CP(=O)(O)O)N1C(=O)C=CC1=O. The third-order valence-electron chi connectivity index (χ3n) is 1.64. The highest BCUT2D eigenvalue weighted by Crippen LogP contribution is 2.38. The van der Waals surface area contributed by atoms with E-state index in [1.54, 1.807) is 0 Å². The van der Waals surface area contributed by atoms with E-state index in [2.05, 4.69) is 0 Å². The minimum Gasteiger partial charge on any atom is -0.358 e. The van der Waals surface area contributed by atoms with Crippen LogP contribution in [0.4, 0.5) is 0 Å². The average Bonchev–Trinajstić information content (AvgIpc) is 2.25. The lowest BCUT2D eigenvalue weighted by Gasteiger charge is -2.31. The van der Waals surface area contributed by atoms with Crippen molar-refractivity contribution in [3.63, 3.8) is 0 Å². The van der Waals surface area contributed by atoms with Crippen LogP contribution in [0.5, 0.6) is 0 Å². The van der Waals surface area contributed by atoms with Gasteiger partial charge in [0.25, 0.3) is 11.8 Å². The molecular formula is C6H9N2O6P. The first kappa shape index (κ1) is 12.0.